The highest BCUT2D eigenvalue weighted by molar-refractivity contribution is 5.42. The van der Waals surface area contributed by atoms with E-state index < -0.39 is 0 Å². The Labute approximate surface area is 109 Å². The molecule has 1 atom stereocenters. The average Bonchev–Trinajstić information content (AvgIpc) is 2.40. The third kappa shape index (κ3) is 4.55. The summed E-state index contributed by atoms with van der Waals surface area (Å²) in [7, 11) is 3.37. The second-order valence-electron chi connectivity index (χ2n) is 4.10. The summed E-state index contributed by atoms with van der Waals surface area (Å²) in [6.07, 6.45) is 0.217. The SMILES string of the molecule is CCOc1ccc(CNCC(C)OC)cc1OC. The van der Waals surface area contributed by atoms with Crippen molar-refractivity contribution >= 4 is 0 Å². The van der Waals surface area contributed by atoms with Gasteiger partial charge in [0.05, 0.1) is 19.8 Å². The van der Waals surface area contributed by atoms with E-state index in [4.69, 9.17) is 14.2 Å². The summed E-state index contributed by atoms with van der Waals surface area (Å²) in [6.45, 7) is 6.24. The fourth-order valence-corrected chi connectivity index (χ4v) is 1.60. The number of rotatable bonds is 8. The third-order valence-corrected chi connectivity index (χ3v) is 2.69. The molecule has 0 amide bonds. The zero-order valence-corrected chi connectivity index (χ0v) is 11.7. The van der Waals surface area contributed by atoms with Gasteiger partial charge in [-0.3, -0.25) is 0 Å². The van der Waals surface area contributed by atoms with E-state index in [9.17, 15) is 0 Å². The Morgan fingerprint density at radius 1 is 1.22 bits per heavy atom. The van der Waals surface area contributed by atoms with Crippen LogP contribution in [0.5, 0.6) is 11.5 Å². The summed E-state index contributed by atoms with van der Waals surface area (Å²) in [5.74, 6) is 1.56. The summed E-state index contributed by atoms with van der Waals surface area (Å²) < 4.78 is 16.0. The first kappa shape index (κ1) is 14.8. The van der Waals surface area contributed by atoms with E-state index in [0.29, 0.717) is 6.61 Å². The molecule has 0 aliphatic heterocycles. The van der Waals surface area contributed by atoms with Crippen molar-refractivity contribution in [2.75, 3.05) is 27.4 Å². The molecule has 0 saturated heterocycles. The lowest BCUT2D eigenvalue weighted by Crippen LogP contribution is -2.25. The van der Waals surface area contributed by atoms with Crippen LogP contribution in [0.4, 0.5) is 0 Å². The van der Waals surface area contributed by atoms with Crippen LogP contribution in [0.25, 0.3) is 0 Å². The smallest absolute Gasteiger partial charge is 0.161 e. The molecule has 18 heavy (non-hydrogen) atoms. The molecule has 0 spiro atoms. The Hall–Kier alpha value is -1.26. The van der Waals surface area contributed by atoms with Gasteiger partial charge in [-0.2, -0.15) is 0 Å². The van der Waals surface area contributed by atoms with Crippen molar-refractivity contribution in [2.24, 2.45) is 0 Å². The normalized spacial score (nSPS) is 12.2. The Bertz CT molecular complexity index is 355. The summed E-state index contributed by atoms with van der Waals surface area (Å²) in [6, 6.07) is 5.98. The van der Waals surface area contributed by atoms with Crippen molar-refractivity contribution in [1.29, 1.82) is 0 Å². The number of nitrogens with one attached hydrogen (secondary N) is 1. The Morgan fingerprint density at radius 3 is 2.61 bits per heavy atom. The molecule has 0 aliphatic rings. The van der Waals surface area contributed by atoms with Gasteiger partial charge in [-0.05, 0) is 31.5 Å². The molecule has 102 valence electrons. The van der Waals surface area contributed by atoms with Gasteiger partial charge in [-0.1, -0.05) is 6.07 Å². The number of hydrogen-bond donors (Lipinski definition) is 1. The molecular weight excluding hydrogens is 230 g/mol. The molecule has 0 heterocycles. The molecule has 1 N–H and O–H groups in total. The molecule has 1 aromatic rings. The lowest BCUT2D eigenvalue weighted by Gasteiger charge is -2.13. The Kier molecular flexibility index (Phi) is 6.54. The predicted molar refractivity (Wildman–Crippen MR) is 72.3 cm³/mol. The summed E-state index contributed by atoms with van der Waals surface area (Å²) >= 11 is 0. The van der Waals surface area contributed by atoms with Gasteiger partial charge < -0.3 is 19.5 Å². The highest BCUT2D eigenvalue weighted by Crippen LogP contribution is 2.27. The van der Waals surface area contributed by atoms with Gasteiger partial charge in [0, 0.05) is 20.2 Å². The second-order valence-corrected chi connectivity index (χ2v) is 4.10. The molecular formula is C14H23NO3. The maximum Gasteiger partial charge on any atom is 0.161 e. The van der Waals surface area contributed by atoms with E-state index in [1.54, 1.807) is 14.2 Å². The van der Waals surface area contributed by atoms with Gasteiger partial charge in [-0.15, -0.1) is 0 Å². The molecule has 0 aromatic heterocycles. The van der Waals surface area contributed by atoms with Gasteiger partial charge in [0.1, 0.15) is 0 Å². The first-order valence-electron chi connectivity index (χ1n) is 6.24. The van der Waals surface area contributed by atoms with Crippen LogP contribution in [-0.4, -0.2) is 33.5 Å². The molecule has 0 fully saturated rings. The highest BCUT2D eigenvalue weighted by Gasteiger charge is 2.05. The van der Waals surface area contributed by atoms with E-state index in [1.165, 1.54) is 5.56 Å². The molecule has 1 unspecified atom stereocenters. The van der Waals surface area contributed by atoms with Gasteiger partial charge in [-0.25, -0.2) is 0 Å². The highest BCUT2D eigenvalue weighted by atomic mass is 16.5. The van der Waals surface area contributed by atoms with Crippen LogP contribution in [0.15, 0.2) is 18.2 Å². The molecule has 0 saturated carbocycles. The minimum atomic E-state index is 0.217. The molecule has 0 bridgehead atoms. The van der Waals surface area contributed by atoms with Gasteiger partial charge in [0.25, 0.3) is 0 Å². The third-order valence-electron chi connectivity index (χ3n) is 2.69. The molecule has 4 nitrogen and oxygen atoms in total. The van der Waals surface area contributed by atoms with Gasteiger partial charge >= 0.3 is 0 Å². The zero-order chi connectivity index (χ0) is 13.4. The lowest BCUT2D eigenvalue weighted by atomic mass is 10.2. The van der Waals surface area contributed by atoms with Gasteiger partial charge in [0.15, 0.2) is 11.5 Å². The van der Waals surface area contributed by atoms with Crippen LogP contribution in [0.1, 0.15) is 19.4 Å². The van der Waals surface area contributed by atoms with Crippen LogP contribution < -0.4 is 14.8 Å². The summed E-state index contributed by atoms with van der Waals surface area (Å²) in [5.41, 5.74) is 1.17. The minimum Gasteiger partial charge on any atom is -0.493 e. The van der Waals surface area contributed by atoms with Crippen molar-refractivity contribution in [3.8, 4) is 11.5 Å². The number of hydrogen-bond acceptors (Lipinski definition) is 4. The van der Waals surface area contributed by atoms with Crippen LogP contribution in [0, 0.1) is 0 Å². The van der Waals surface area contributed by atoms with Crippen LogP contribution in [-0.2, 0) is 11.3 Å². The number of ether oxygens (including phenoxy) is 3. The lowest BCUT2D eigenvalue weighted by molar-refractivity contribution is 0.117. The molecule has 1 aromatic carbocycles. The monoisotopic (exact) mass is 253 g/mol. The van der Waals surface area contributed by atoms with E-state index in [1.807, 2.05) is 32.0 Å². The quantitative estimate of drug-likeness (QED) is 0.771. The van der Waals surface area contributed by atoms with Gasteiger partial charge in [0.2, 0.25) is 0 Å². The maximum absolute atomic E-state index is 5.48. The topological polar surface area (TPSA) is 39.7 Å². The largest absolute Gasteiger partial charge is 0.493 e. The molecule has 1 rings (SSSR count). The second kappa shape index (κ2) is 7.95. The number of benzene rings is 1. The van der Waals surface area contributed by atoms with Crippen LogP contribution >= 0.6 is 0 Å². The van der Waals surface area contributed by atoms with Crippen molar-refractivity contribution in [1.82, 2.24) is 5.32 Å². The van der Waals surface area contributed by atoms with E-state index in [-0.39, 0.29) is 6.10 Å². The van der Waals surface area contributed by atoms with E-state index in [2.05, 4.69) is 5.32 Å². The Morgan fingerprint density at radius 2 is 2.00 bits per heavy atom. The van der Waals surface area contributed by atoms with E-state index in [0.717, 1.165) is 24.6 Å². The van der Waals surface area contributed by atoms with Crippen LogP contribution in [0.2, 0.25) is 0 Å². The minimum absolute atomic E-state index is 0.217. The zero-order valence-electron chi connectivity index (χ0n) is 11.7. The predicted octanol–water partition coefficient (Wildman–Crippen LogP) is 2.22. The molecule has 4 heteroatoms. The standard InChI is InChI=1S/C14H23NO3/c1-5-18-13-7-6-12(8-14(13)17-4)10-15-9-11(2)16-3/h6-8,11,15H,5,9-10H2,1-4H3. The van der Waals surface area contributed by atoms with Crippen molar-refractivity contribution in [3.63, 3.8) is 0 Å². The van der Waals surface area contributed by atoms with Crippen molar-refractivity contribution in [2.45, 2.75) is 26.5 Å². The molecule has 0 aliphatic carbocycles. The van der Waals surface area contributed by atoms with E-state index >= 15 is 0 Å². The van der Waals surface area contributed by atoms with Crippen molar-refractivity contribution < 1.29 is 14.2 Å². The average molecular weight is 253 g/mol. The van der Waals surface area contributed by atoms with Crippen molar-refractivity contribution in [3.05, 3.63) is 23.8 Å². The first-order valence-corrected chi connectivity index (χ1v) is 6.24. The number of methoxy groups -OCH3 is 2. The Balaban J connectivity index is 2.56. The fraction of sp³-hybridized carbons (Fsp3) is 0.571. The van der Waals surface area contributed by atoms with Crippen LogP contribution in [0.3, 0.4) is 0 Å². The maximum atomic E-state index is 5.48. The molecule has 0 radical (unpaired) electrons. The fourth-order valence-electron chi connectivity index (χ4n) is 1.60. The summed E-state index contributed by atoms with van der Waals surface area (Å²) in [4.78, 5) is 0. The first-order chi connectivity index (χ1) is 8.71. The summed E-state index contributed by atoms with van der Waals surface area (Å²) in [5, 5.41) is 3.33.